The number of carboxylic acids is 1. The molecule has 1 heterocycles. The zero-order valence-electron chi connectivity index (χ0n) is 20.5. The van der Waals surface area contributed by atoms with Gasteiger partial charge in [0.05, 0.1) is 24.2 Å². The molecule has 0 radical (unpaired) electrons. The highest BCUT2D eigenvalue weighted by Crippen LogP contribution is 2.65. The normalized spacial score (nSPS) is 21.4. The van der Waals surface area contributed by atoms with Gasteiger partial charge in [-0.2, -0.15) is 5.26 Å². The molecule has 1 aliphatic carbocycles. The van der Waals surface area contributed by atoms with Gasteiger partial charge in [-0.1, -0.05) is 31.2 Å². The summed E-state index contributed by atoms with van der Waals surface area (Å²) in [6.45, 7) is 2.59. The van der Waals surface area contributed by atoms with Crippen molar-refractivity contribution < 1.29 is 23.8 Å². The predicted molar refractivity (Wildman–Crippen MR) is 137 cm³/mol. The molecule has 188 valence electrons. The third-order valence-corrected chi connectivity index (χ3v) is 7.81. The number of nitrogens with zero attached hydrogens (tertiary/aromatic N) is 1. The number of rotatable bonds is 7. The van der Waals surface area contributed by atoms with Gasteiger partial charge in [0.15, 0.2) is 0 Å². The zero-order chi connectivity index (χ0) is 26.2. The van der Waals surface area contributed by atoms with Crippen molar-refractivity contribution in [2.24, 2.45) is 11.8 Å². The molecule has 3 aromatic carbocycles. The first-order chi connectivity index (χ1) is 17.8. The molecular weight excluding hydrogens is 471 g/mol. The monoisotopic (exact) mass is 498 g/mol. The van der Waals surface area contributed by atoms with Crippen molar-refractivity contribution in [1.82, 2.24) is 0 Å². The van der Waals surface area contributed by atoms with E-state index in [4.69, 9.17) is 9.84 Å². The number of carbonyl (C=O) groups is 2. The number of hydrogen-bond acceptors (Lipinski definition) is 4. The number of fused-ring (bicyclic) bond motifs is 2. The largest absolute Gasteiger partial charge is 0.493 e. The lowest BCUT2D eigenvalue weighted by atomic mass is 9.84. The van der Waals surface area contributed by atoms with Gasteiger partial charge in [-0.05, 0) is 78.3 Å². The van der Waals surface area contributed by atoms with E-state index in [1.54, 1.807) is 30.3 Å². The molecule has 7 heteroatoms. The molecule has 3 aromatic rings. The van der Waals surface area contributed by atoms with Crippen LogP contribution < -0.4 is 10.1 Å². The Hall–Kier alpha value is -4.18. The second-order valence-corrected chi connectivity index (χ2v) is 9.84. The molecule has 37 heavy (non-hydrogen) atoms. The standard InChI is InChI=1S/C30H27FN2O4/c1-18-28(29(36)33-25-15-19(17-32)5-6-21(25)3-2-4-27(34)35)30(18)13-14-37-26-12-9-22(16-24(26)30)20-7-10-23(31)11-8-20/h5-12,15-16,18,28H,2-4,13-14H2,1H3,(H,33,36)(H,34,35)/t18?,28?,30-/m0/s1. The quantitative estimate of drug-likeness (QED) is 0.436. The maximum Gasteiger partial charge on any atom is 0.303 e. The summed E-state index contributed by atoms with van der Waals surface area (Å²) in [7, 11) is 0. The van der Waals surface area contributed by atoms with Gasteiger partial charge < -0.3 is 15.2 Å². The molecule has 1 saturated carbocycles. The number of aliphatic carboxylic acids is 1. The highest BCUT2D eigenvalue weighted by molar-refractivity contribution is 5.97. The number of amides is 1. The Kier molecular flexibility index (Phi) is 6.43. The van der Waals surface area contributed by atoms with Crippen LogP contribution in [0.4, 0.5) is 10.1 Å². The number of ether oxygens (including phenoxy) is 1. The predicted octanol–water partition coefficient (Wildman–Crippen LogP) is 5.70. The van der Waals surface area contributed by atoms with Gasteiger partial charge in [0.1, 0.15) is 11.6 Å². The minimum absolute atomic E-state index is 0.0311. The number of anilines is 1. The molecule has 2 unspecified atom stereocenters. The first kappa shape index (κ1) is 24.5. The number of carbonyl (C=O) groups excluding carboxylic acids is 1. The summed E-state index contributed by atoms with van der Waals surface area (Å²) in [4.78, 5) is 24.6. The molecule has 0 saturated heterocycles. The van der Waals surface area contributed by atoms with Crippen LogP contribution in [0.25, 0.3) is 11.1 Å². The molecule has 0 aromatic heterocycles. The van der Waals surface area contributed by atoms with E-state index in [1.165, 1.54) is 12.1 Å². The smallest absolute Gasteiger partial charge is 0.303 e. The molecule has 2 aliphatic rings. The van der Waals surface area contributed by atoms with Crippen molar-refractivity contribution in [3.8, 4) is 22.9 Å². The zero-order valence-corrected chi connectivity index (χ0v) is 20.5. The fraction of sp³-hybridized carbons (Fsp3) is 0.300. The lowest BCUT2D eigenvalue weighted by molar-refractivity contribution is -0.137. The van der Waals surface area contributed by atoms with Crippen molar-refractivity contribution in [1.29, 1.82) is 5.26 Å². The lowest BCUT2D eigenvalue weighted by Gasteiger charge is -2.28. The van der Waals surface area contributed by atoms with Crippen LogP contribution in [0.1, 0.15) is 42.9 Å². The second kappa shape index (κ2) is 9.70. The highest BCUT2D eigenvalue weighted by atomic mass is 19.1. The minimum Gasteiger partial charge on any atom is -0.493 e. The van der Waals surface area contributed by atoms with Crippen LogP contribution in [-0.2, 0) is 21.4 Å². The number of carboxylic acid groups (broad SMARTS) is 1. The number of nitrogens with one attached hydrogen (secondary N) is 1. The lowest BCUT2D eigenvalue weighted by Crippen LogP contribution is -2.27. The van der Waals surface area contributed by atoms with Gasteiger partial charge in [0.2, 0.25) is 5.91 Å². The average molecular weight is 499 g/mol. The van der Waals surface area contributed by atoms with E-state index in [0.717, 1.165) is 28.0 Å². The minimum atomic E-state index is -0.869. The Morgan fingerprint density at radius 3 is 2.62 bits per heavy atom. The van der Waals surface area contributed by atoms with E-state index >= 15 is 0 Å². The van der Waals surface area contributed by atoms with E-state index < -0.39 is 5.97 Å². The summed E-state index contributed by atoms with van der Waals surface area (Å²) in [6.07, 6.45) is 1.65. The van der Waals surface area contributed by atoms with Crippen molar-refractivity contribution in [2.75, 3.05) is 11.9 Å². The van der Waals surface area contributed by atoms with Crippen molar-refractivity contribution in [3.63, 3.8) is 0 Å². The van der Waals surface area contributed by atoms with Crippen LogP contribution >= 0.6 is 0 Å². The molecule has 5 rings (SSSR count). The maximum atomic E-state index is 13.6. The summed E-state index contributed by atoms with van der Waals surface area (Å²) in [6, 6.07) is 19.5. The van der Waals surface area contributed by atoms with E-state index in [2.05, 4.69) is 24.4 Å². The molecule has 0 bridgehead atoms. The summed E-state index contributed by atoms with van der Waals surface area (Å²) >= 11 is 0. The number of halogens is 1. The van der Waals surface area contributed by atoms with Gasteiger partial charge in [-0.25, -0.2) is 4.39 Å². The van der Waals surface area contributed by atoms with Gasteiger partial charge in [0.25, 0.3) is 0 Å². The van der Waals surface area contributed by atoms with E-state index in [-0.39, 0.29) is 35.4 Å². The molecule has 1 amide bonds. The average Bonchev–Trinajstić information content (AvgIpc) is 3.48. The van der Waals surface area contributed by atoms with Crippen LogP contribution in [0.3, 0.4) is 0 Å². The summed E-state index contributed by atoms with van der Waals surface area (Å²) in [5.74, 6) is -0.727. The summed E-state index contributed by atoms with van der Waals surface area (Å²) < 4.78 is 19.4. The van der Waals surface area contributed by atoms with Crippen molar-refractivity contribution in [2.45, 2.75) is 38.0 Å². The van der Waals surface area contributed by atoms with Gasteiger partial charge in [-0.3, -0.25) is 9.59 Å². The first-order valence-electron chi connectivity index (χ1n) is 12.4. The van der Waals surface area contributed by atoms with Crippen LogP contribution in [-0.4, -0.2) is 23.6 Å². The van der Waals surface area contributed by atoms with E-state index in [1.807, 2.05) is 12.1 Å². The van der Waals surface area contributed by atoms with Gasteiger partial charge >= 0.3 is 5.97 Å². The van der Waals surface area contributed by atoms with Crippen molar-refractivity contribution in [3.05, 3.63) is 83.2 Å². The van der Waals surface area contributed by atoms with E-state index in [0.29, 0.717) is 37.1 Å². The number of aryl methyl sites for hydroxylation is 1. The number of hydrogen-bond donors (Lipinski definition) is 2. The molecular formula is C30H27FN2O4. The molecule has 1 spiro atoms. The molecule has 3 atom stereocenters. The van der Waals surface area contributed by atoms with Crippen LogP contribution in [0.2, 0.25) is 0 Å². The summed E-state index contributed by atoms with van der Waals surface area (Å²) in [5.41, 5.74) is 4.22. The SMILES string of the molecule is CC1C(C(=O)Nc2cc(C#N)ccc2CCCC(=O)O)[C@@]12CCOc1ccc(-c3ccc(F)cc3)cc12. The Morgan fingerprint density at radius 2 is 1.89 bits per heavy atom. The van der Waals surface area contributed by atoms with Crippen molar-refractivity contribution >= 4 is 17.6 Å². The molecule has 1 aliphatic heterocycles. The molecule has 1 fully saturated rings. The molecule has 6 nitrogen and oxygen atoms in total. The number of benzene rings is 3. The van der Waals surface area contributed by atoms with E-state index in [9.17, 15) is 19.2 Å². The number of nitriles is 1. The van der Waals surface area contributed by atoms with Crippen LogP contribution in [0, 0.1) is 29.0 Å². The first-order valence-corrected chi connectivity index (χ1v) is 12.4. The fourth-order valence-corrected chi connectivity index (χ4v) is 5.81. The topological polar surface area (TPSA) is 99.4 Å². The second-order valence-electron chi connectivity index (χ2n) is 9.84. The Balaban J connectivity index is 1.42. The third kappa shape index (κ3) is 4.55. The fourth-order valence-electron chi connectivity index (χ4n) is 5.81. The van der Waals surface area contributed by atoms with Gasteiger partial charge in [0, 0.05) is 23.1 Å². The maximum absolute atomic E-state index is 13.6. The highest BCUT2D eigenvalue weighted by Gasteiger charge is 2.67. The summed E-state index contributed by atoms with van der Waals surface area (Å²) in [5, 5.41) is 21.4. The Bertz CT molecular complexity index is 1410. The van der Waals surface area contributed by atoms with Gasteiger partial charge in [-0.15, -0.1) is 0 Å². The third-order valence-electron chi connectivity index (χ3n) is 7.81. The Morgan fingerprint density at radius 1 is 1.14 bits per heavy atom. The van der Waals surface area contributed by atoms with Crippen LogP contribution in [0.5, 0.6) is 5.75 Å². The Labute approximate surface area is 214 Å². The van der Waals surface area contributed by atoms with Crippen LogP contribution in [0.15, 0.2) is 60.7 Å². The molecule has 2 N–H and O–H groups in total.